The van der Waals surface area contributed by atoms with E-state index in [1.807, 2.05) is 13.0 Å². The van der Waals surface area contributed by atoms with Gasteiger partial charge in [-0.1, -0.05) is 23.2 Å². The number of nitrogens with two attached hydrogens (primary N) is 1. The van der Waals surface area contributed by atoms with Crippen molar-refractivity contribution in [2.24, 2.45) is 5.73 Å². The Morgan fingerprint density at radius 1 is 1.22 bits per heavy atom. The summed E-state index contributed by atoms with van der Waals surface area (Å²) >= 11 is 12.5. The number of carbonyl (C=O) groups is 2. The first-order valence-corrected chi connectivity index (χ1v) is 10.8. The lowest BCUT2D eigenvalue weighted by atomic mass is 10.0. The predicted molar refractivity (Wildman–Crippen MR) is 125 cm³/mol. The largest absolute Gasteiger partial charge is 0.490 e. The van der Waals surface area contributed by atoms with E-state index in [-0.39, 0.29) is 24.7 Å². The molecule has 1 amide bonds. The molecule has 0 aliphatic heterocycles. The van der Waals surface area contributed by atoms with Gasteiger partial charge in [0.25, 0.3) is 5.91 Å². The molecule has 36 heavy (non-hydrogen) atoms. The van der Waals surface area contributed by atoms with Gasteiger partial charge in [0, 0.05) is 34.6 Å². The molecule has 0 saturated heterocycles. The summed E-state index contributed by atoms with van der Waals surface area (Å²) in [5.41, 5.74) is 9.20. The van der Waals surface area contributed by atoms with Crippen LogP contribution >= 0.6 is 23.2 Å². The van der Waals surface area contributed by atoms with Crippen LogP contribution in [-0.4, -0.2) is 37.5 Å². The zero-order valence-electron chi connectivity index (χ0n) is 18.4. The number of rotatable bonds is 5. The second-order valence-corrected chi connectivity index (χ2v) is 8.06. The van der Waals surface area contributed by atoms with E-state index >= 15 is 0 Å². The van der Waals surface area contributed by atoms with Crippen molar-refractivity contribution < 1.29 is 32.3 Å². The number of carbonyl (C=O) groups excluding carboxylic acids is 1. The topological polar surface area (TPSA) is 136 Å². The third kappa shape index (κ3) is 6.14. The Morgan fingerprint density at radius 2 is 1.92 bits per heavy atom. The fourth-order valence-electron chi connectivity index (χ4n) is 3.15. The van der Waals surface area contributed by atoms with Crippen LogP contribution in [0.1, 0.15) is 27.5 Å². The number of nitrogens with one attached hydrogen (secondary N) is 1. The van der Waals surface area contributed by atoms with E-state index in [1.165, 1.54) is 0 Å². The first-order chi connectivity index (χ1) is 16.9. The molecule has 0 saturated carbocycles. The molecule has 4 rings (SSSR count). The smallest absolute Gasteiger partial charge is 0.475 e. The monoisotopic (exact) mass is 543 g/mol. The Kier molecular flexibility index (Phi) is 8.23. The molecule has 0 radical (unpaired) electrons. The maximum absolute atomic E-state index is 12.6. The van der Waals surface area contributed by atoms with E-state index in [9.17, 15) is 18.0 Å². The van der Waals surface area contributed by atoms with Crippen molar-refractivity contribution in [3.05, 3.63) is 75.5 Å². The second kappa shape index (κ2) is 11.0. The molecule has 3 aromatic heterocycles. The lowest BCUT2D eigenvalue weighted by Crippen LogP contribution is -2.22. The van der Waals surface area contributed by atoms with Crippen LogP contribution in [0.2, 0.25) is 10.0 Å². The fourth-order valence-corrected chi connectivity index (χ4v) is 3.64. The SMILES string of the molecule is Cc1nc2nc(C(=O)NCc3ccco3)cn2c(-c2ccc(Cl)cc2Cl)c1CN.O=C(O)C(F)(F)F. The van der Waals surface area contributed by atoms with Crippen LogP contribution in [0.4, 0.5) is 13.2 Å². The van der Waals surface area contributed by atoms with Crippen molar-refractivity contribution in [2.45, 2.75) is 26.2 Å². The zero-order chi connectivity index (χ0) is 26.6. The highest BCUT2D eigenvalue weighted by Gasteiger charge is 2.38. The molecule has 4 aromatic rings. The molecule has 0 aliphatic rings. The number of halogens is 5. The molecule has 9 nitrogen and oxygen atoms in total. The van der Waals surface area contributed by atoms with Gasteiger partial charge in [-0.25, -0.2) is 14.8 Å². The molecule has 0 fully saturated rings. The molecule has 190 valence electrons. The minimum Gasteiger partial charge on any atom is -0.475 e. The molecule has 4 N–H and O–H groups in total. The molecular weight excluding hydrogens is 526 g/mol. The predicted octanol–water partition coefficient (Wildman–Crippen LogP) is 4.63. The number of alkyl halides is 3. The van der Waals surface area contributed by atoms with E-state index < -0.39 is 12.1 Å². The number of amides is 1. The van der Waals surface area contributed by atoms with Crippen molar-refractivity contribution in [3.63, 3.8) is 0 Å². The van der Waals surface area contributed by atoms with Gasteiger partial charge in [-0.05, 0) is 37.3 Å². The van der Waals surface area contributed by atoms with Crippen LogP contribution in [0.25, 0.3) is 17.0 Å². The van der Waals surface area contributed by atoms with Gasteiger partial charge in [-0.3, -0.25) is 9.20 Å². The summed E-state index contributed by atoms with van der Waals surface area (Å²) in [6.07, 6.45) is -1.91. The Hall–Kier alpha value is -3.61. The molecule has 14 heteroatoms. The van der Waals surface area contributed by atoms with Crippen LogP contribution in [0, 0.1) is 6.92 Å². The van der Waals surface area contributed by atoms with Gasteiger partial charge in [-0.15, -0.1) is 0 Å². The van der Waals surface area contributed by atoms with Crippen LogP contribution < -0.4 is 11.1 Å². The van der Waals surface area contributed by atoms with Gasteiger partial charge < -0.3 is 20.6 Å². The Labute approximate surface area is 211 Å². The number of fused-ring (bicyclic) bond motifs is 1. The van der Waals surface area contributed by atoms with Crippen molar-refractivity contribution >= 4 is 40.9 Å². The van der Waals surface area contributed by atoms with Crippen molar-refractivity contribution in [1.29, 1.82) is 0 Å². The fraction of sp³-hybridized carbons (Fsp3) is 0.182. The highest BCUT2D eigenvalue weighted by molar-refractivity contribution is 6.36. The zero-order valence-corrected chi connectivity index (χ0v) is 19.9. The molecule has 0 unspecified atom stereocenters. The second-order valence-electron chi connectivity index (χ2n) is 7.21. The van der Waals surface area contributed by atoms with Crippen molar-refractivity contribution in [3.8, 4) is 11.3 Å². The van der Waals surface area contributed by atoms with Gasteiger partial charge in [0.15, 0.2) is 0 Å². The molecule has 3 heterocycles. The summed E-state index contributed by atoms with van der Waals surface area (Å²) in [4.78, 5) is 30.4. The van der Waals surface area contributed by atoms with Crippen LogP contribution in [0.3, 0.4) is 0 Å². The lowest BCUT2D eigenvalue weighted by molar-refractivity contribution is -0.192. The first-order valence-electron chi connectivity index (χ1n) is 10.1. The van der Waals surface area contributed by atoms with E-state index in [4.69, 9.17) is 43.3 Å². The number of aromatic nitrogens is 3. The van der Waals surface area contributed by atoms with Gasteiger partial charge >= 0.3 is 12.1 Å². The molecule has 0 bridgehead atoms. The number of aryl methyl sites for hydroxylation is 1. The van der Waals surface area contributed by atoms with Gasteiger partial charge in [0.2, 0.25) is 5.78 Å². The molecule has 0 atom stereocenters. The number of hydrogen-bond donors (Lipinski definition) is 3. The number of nitrogens with zero attached hydrogens (tertiary/aromatic N) is 3. The third-order valence-corrected chi connectivity index (χ3v) is 5.34. The van der Waals surface area contributed by atoms with E-state index in [0.29, 0.717) is 27.3 Å². The number of hydrogen-bond acceptors (Lipinski definition) is 6. The molecular formula is C22H18Cl2F3N5O4. The average molecular weight is 544 g/mol. The van der Waals surface area contributed by atoms with E-state index in [1.54, 1.807) is 41.1 Å². The number of aliphatic carboxylic acids is 1. The molecule has 1 aromatic carbocycles. The highest BCUT2D eigenvalue weighted by Crippen LogP contribution is 2.34. The summed E-state index contributed by atoms with van der Waals surface area (Å²) in [5.74, 6) is -2.07. The summed E-state index contributed by atoms with van der Waals surface area (Å²) < 4.78 is 38.7. The quantitative estimate of drug-likeness (QED) is 0.334. The minimum atomic E-state index is -5.08. The van der Waals surface area contributed by atoms with Crippen LogP contribution in [0.15, 0.2) is 47.2 Å². The molecule has 0 aliphatic carbocycles. The van der Waals surface area contributed by atoms with Crippen LogP contribution in [0.5, 0.6) is 0 Å². The summed E-state index contributed by atoms with van der Waals surface area (Å²) in [6.45, 7) is 2.36. The van der Waals surface area contributed by atoms with Crippen molar-refractivity contribution in [1.82, 2.24) is 19.7 Å². The third-order valence-electron chi connectivity index (χ3n) is 4.79. The standard InChI is InChI=1S/C20H17Cl2N5O2.C2HF3O2/c1-11-15(8-23)18(14-5-4-12(21)7-16(14)22)27-10-17(26-20(27)25-11)19(28)24-9-13-3-2-6-29-13;3-2(4,5)1(6)7/h2-7,10H,8-9,23H2,1H3,(H,24,28);(H,6,7). The number of furan rings is 1. The van der Waals surface area contributed by atoms with Crippen LogP contribution in [-0.2, 0) is 17.9 Å². The maximum atomic E-state index is 12.6. The highest BCUT2D eigenvalue weighted by atomic mass is 35.5. The number of imidazole rings is 1. The van der Waals surface area contributed by atoms with Gasteiger partial charge in [-0.2, -0.15) is 13.2 Å². The Balaban J connectivity index is 0.000000454. The Bertz CT molecular complexity index is 1410. The van der Waals surface area contributed by atoms with Gasteiger partial charge in [0.05, 0.1) is 23.5 Å². The Morgan fingerprint density at radius 3 is 2.47 bits per heavy atom. The average Bonchev–Trinajstić information content (AvgIpc) is 3.46. The minimum absolute atomic E-state index is 0.226. The van der Waals surface area contributed by atoms with Crippen molar-refractivity contribution in [2.75, 3.05) is 0 Å². The summed E-state index contributed by atoms with van der Waals surface area (Å²) in [5, 5.41) is 10.9. The van der Waals surface area contributed by atoms with Gasteiger partial charge in [0.1, 0.15) is 11.5 Å². The molecule has 0 spiro atoms. The van der Waals surface area contributed by atoms with E-state index in [0.717, 1.165) is 16.8 Å². The summed E-state index contributed by atoms with van der Waals surface area (Å²) in [7, 11) is 0. The first kappa shape index (κ1) is 27.0. The maximum Gasteiger partial charge on any atom is 0.490 e. The number of carboxylic acid groups (broad SMARTS) is 1. The summed E-state index contributed by atoms with van der Waals surface area (Å²) in [6, 6.07) is 8.76. The normalized spacial score (nSPS) is 11.2. The van der Waals surface area contributed by atoms with E-state index in [2.05, 4.69) is 15.3 Å². The number of benzene rings is 1. The lowest BCUT2D eigenvalue weighted by Gasteiger charge is -2.14. The number of carboxylic acids is 1.